The van der Waals surface area contributed by atoms with E-state index in [9.17, 15) is 4.79 Å². The lowest BCUT2D eigenvalue weighted by molar-refractivity contribution is 0.111. The van der Waals surface area contributed by atoms with E-state index >= 15 is 0 Å². The first-order chi connectivity index (χ1) is 11.9. The lowest BCUT2D eigenvalue weighted by Crippen LogP contribution is -1.88. The van der Waals surface area contributed by atoms with Crippen LogP contribution in [0.2, 0.25) is 0 Å². The van der Waals surface area contributed by atoms with Gasteiger partial charge in [-0.25, -0.2) is 0 Å². The Morgan fingerprint density at radius 3 is 1.96 bits per heavy atom. The fraction of sp³-hybridized carbons (Fsp3) is 0.682. The second-order valence-electron chi connectivity index (χ2n) is 6.89. The van der Waals surface area contributed by atoms with Crippen molar-refractivity contribution in [2.45, 2.75) is 96.8 Å². The molecule has 0 aliphatic heterocycles. The summed E-state index contributed by atoms with van der Waals surface area (Å²) in [5, 5.41) is 0. The fourth-order valence-corrected chi connectivity index (χ4v) is 3.06. The van der Waals surface area contributed by atoms with Crippen molar-refractivity contribution in [3.63, 3.8) is 0 Å². The lowest BCUT2D eigenvalue weighted by atomic mass is 10.1. The molecule has 0 radical (unpaired) electrons. The summed E-state index contributed by atoms with van der Waals surface area (Å²) < 4.78 is 0. The van der Waals surface area contributed by atoms with Gasteiger partial charge in [-0.05, 0) is 50.7 Å². The molecule has 0 amide bonds. The van der Waals surface area contributed by atoms with E-state index in [0.29, 0.717) is 5.69 Å². The lowest BCUT2D eigenvalue weighted by Gasteiger charge is -2.01. The second-order valence-corrected chi connectivity index (χ2v) is 6.89. The number of carbonyl (C=O) groups excluding carboxylic acids is 1. The first-order valence-corrected chi connectivity index (χ1v) is 10.1. The Bertz CT molecular complexity index is 433. The van der Waals surface area contributed by atoms with Crippen LogP contribution in [0.5, 0.6) is 0 Å². The molecule has 1 aromatic heterocycles. The third-order valence-electron chi connectivity index (χ3n) is 4.60. The van der Waals surface area contributed by atoms with Gasteiger partial charge >= 0.3 is 0 Å². The summed E-state index contributed by atoms with van der Waals surface area (Å²) in [4.78, 5) is 13.7. The summed E-state index contributed by atoms with van der Waals surface area (Å²) in [6.45, 7) is 2.27. The molecule has 2 nitrogen and oxygen atoms in total. The van der Waals surface area contributed by atoms with Crippen molar-refractivity contribution < 1.29 is 4.79 Å². The molecule has 1 N–H and O–H groups in total. The van der Waals surface area contributed by atoms with E-state index in [0.717, 1.165) is 12.7 Å². The Labute approximate surface area is 149 Å². The van der Waals surface area contributed by atoms with Crippen LogP contribution in [-0.4, -0.2) is 11.3 Å². The Morgan fingerprint density at radius 1 is 0.792 bits per heavy atom. The normalized spacial score (nSPS) is 11.4. The molecule has 1 rings (SSSR count). The molecule has 136 valence electrons. The number of hydrogen-bond donors (Lipinski definition) is 1. The topological polar surface area (TPSA) is 32.9 Å². The van der Waals surface area contributed by atoms with Gasteiger partial charge in [-0.3, -0.25) is 4.79 Å². The number of aromatic nitrogens is 1. The number of hydrogen-bond acceptors (Lipinski definition) is 1. The zero-order valence-corrected chi connectivity index (χ0v) is 15.7. The zero-order chi connectivity index (χ0) is 17.3. The van der Waals surface area contributed by atoms with Gasteiger partial charge in [0.25, 0.3) is 0 Å². The molecule has 24 heavy (non-hydrogen) atoms. The summed E-state index contributed by atoms with van der Waals surface area (Å²) in [6.07, 6.45) is 24.1. The molecule has 1 heterocycles. The molecule has 0 aliphatic carbocycles. The average Bonchev–Trinajstić information content (AvgIpc) is 3.06. The predicted octanol–water partition coefficient (Wildman–Crippen LogP) is 7.02. The van der Waals surface area contributed by atoms with Crippen LogP contribution in [0.25, 0.3) is 0 Å². The number of aldehydes is 1. The summed E-state index contributed by atoms with van der Waals surface area (Å²) in [7, 11) is 0. The van der Waals surface area contributed by atoms with E-state index in [1.807, 2.05) is 12.1 Å². The molecule has 0 aliphatic rings. The van der Waals surface area contributed by atoms with E-state index in [-0.39, 0.29) is 0 Å². The monoisotopic (exact) mass is 331 g/mol. The minimum absolute atomic E-state index is 0.694. The van der Waals surface area contributed by atoms with E-state index in [1.165, 1.54) is 89.2 Å². The number of allylic oxidation sites excluding steroid dienone is 2. The molecule has 0 unspecified atom stereocenters. The van der Waals surface area contributed by atoms with Crippen LogP contribution >= 0.6 is 0 Å². The molecule has 0 fully saturated rings. The third kappa shape index (κ3) is 11.3. The number of rotatable bonds is 16. The van der Waals surface area contributed by atoms with Crippen molar-refractivity contribution >= 4 is 6.29 Å². The number of aromatic amines is 1. The van der Waals surface area contributed by atoms with Gasteiger partial charge in [0.1, 0.15) is 0 Å². The van der Waals surface area contributed by atoms with Crippen LogP contribution in [0.4, 0.5) is 0 Å². The molecular formula is C22H37NO. The van der Waals surface area contributed by atoms with Gasteiger partial charge in [-0.1, -0.05) is 70.4 Å². The maximum Gasteiger partial charge on any atom is 0.166 e. The number of H-pyrrole nitrogens is 1. The van der Waals surface area contributed by atoms with Gasteiger partial charge in [-0.2, -0.15) is 0 Å². The molecule has 0 atom stereocenters. The number of carbonyl (C=O) groups is 1. The van der Waals surface area contributed by atoms with Gasteiger partial charge in [0, 0.05) is 5.69 Å². The van der Waals surface area contributed by atoms with Crippen molar-refractivity contribution in [1.82, 2.24) is 4.98 Å². The molecule has 0 spiro atoms. The van der Waals surface area contributed by atoms with Crippen LogP contribution in [0.1, 0.15) is 107 Å². The highest BCUT2D eigenvalue weighted by Gasteiger charge is 1.98. The van der Waals surface area contributed by atoms with Crippen LogP contribution < -0.4 is 0 Å². The van der Waals surface area contributed by atoms with E-state index in [4.69, 9.17) is 0 Å². The van der Waals surface area contributed by atoms with Gasteiger partial charge in [0.2, 0.25) is 0 Å². The Hall–Kier alpha value is -1.31. The minimum atomic E-state index is 0.694. The maximum absolute atomic E-state index is 10.6. The average molecular weight is 332 g/mol. The second kappa shape index (κ2) is 15.2. The quantitative estimate of drug-likeness (QED) is 0.197. The maximum atomic E-state index is 10.6. The van der Waals surface area contributed by atoms with Crippen molar-refractivity contribution in [3.8, 4) is 0 Å². The Balaban J connectivity index is 1.80. The van der Waals surface area contributed by atoms with Crippen molar-refractivity contribution in [2.75, 3.05) is 0 Å². The molecule has 0 saturated carbocycles. The van der Waals surface area contributed by atoms with Crippen molar-refractivity contribution in [1.29, 1.82) is 0 Å². The predicted molar refractivity (Wildman–Crippen MR) is 105 cm³/mol. The van der Waals surface area contributed by atoms with Gasteiger partial charge < -0.3 is 4.98 Å². The highest BCUT2D eigenvalue weighted by Crippen LogP contribution is 2.12. The first kappa shape index (κ1) is 20.7. The zero-order valence-electron chi connectivity index (χ0n) is 15.7. The van der Waals surface area contributed by atoms with E-state index < -0.39 is 0 Å². The molecule has 0 bridgehead atoms. The summed E-state index contributed by atoms with van der Waals surface area (Å²) in [5.74, 6) is 0. The van der Waals surface area contributed by atoms with Gasteiger partial charge in [0.05, 0.1) is 5.69 Å². The number of aryl methyl sites for hydroxylation is 1. The summed E-state index contributed by atoms with van der Waals surface area (Å²) in [6, 6.07) is 3.89. The van der Waals surface area contributed by atoms with Crippen LogP contribution in [0, 0.1) is 0 Å². The number of nitrogens with one attached hydrogen (secondary N) is 1. The van der Waals surface area contributed by atoms with Crippen LogP contribution in [0.15, 0.2) is 24.3 Å². The highest BCUT2D eigenvalue weighted by atomic mass is 16.1. The van der Waals surface area contributed by atoms with Gasteiger partial charge in [0.15, 0.2) is 6.29 Å². The Kier molecular flexibility index (Phi) is 13.2. The number of unbranched alkanes of at least 4 members (excludes halogenated alkanes) is 11. The molecule has 2 heteroatoms. The molecule has 1 aromatic rings. The largest absolute Gasteiger partial charge is 0.356 e. The standard InChI is InChI=1S/C22H37NO/c1-2-3-4-5-6-7-8-9-10-11-12-13-14-15-16-17-21-18-19-22(20-24)23-21/h7-8,18-20,23H,2-6,9-17H2,1H3. The molecule has 0 saturated heterocycles. The SMILES string of the molecule is CCCCCCC=CCCCCCCCCCc1ccc(C=O)[nH]1. The molecular weight excluding hydrogens is 294 g/mol. The smallest absolute Gasteiger partial charge is 0.166 e. The fourth-order valence-electron chi connectivity index (χ4n) is 3.06. The first-order valence-electron chi connectivity index (χ1n) is 10.1. The van der Waals surface area contributed by atoms with E-state index in [1.54, 1.807) is 0 Å². The Morgan fingerprint density at radius 2 is 1.38 bits per heavy atom. The van der Waals surface area contributed by atoms with E-state index in [2.05, 4.69) is 24.1 Å². The van der Waals surface area contributed by atoms with Crippen molar-refractivity contribution in [3.05, 3.63) is 35.7 Å². The molecule has 0 aromatic carbocycles. The van der Waals surface area contributed by atoms with Crippen LogP contribution in [-0.2, 0) is 6.42 Å². The van der Waals surface area contributed by atoms with Gasteiger partial charge in [-0.15, -0.1) is 0 Å². The summed E-state index contributed by atoms with van der Waals surface area (Å²) in [5.41, 5.74) is 1.89. The third-order valence-corrected chi connectivity index (χ3v) is 4.60. The summed E-state index contributed by atoms with van der Waals surface area (Å²) >= 11 is 0. The minimum Gasteiger partial charge on any atom is -0.356 e. The van der Waals surface area contributed by atoms with Crippen LogP contribution in [0.3, 0.4) is 0 Å². The van der Waals surface area contributed by atoms with Crippen molar-refractivity contribution in [2.24, 2.45) is 0 Å². The highest BCUT2D eigenvalue weighted by molar-refractivity contribution is 5.71.